The van der Waals surface area contributed by atoms with E-state index in [1.54, 1.807) is 4.90 Å². The molecule has 13 nitrogen and oxygen atoms in total. The van der Waals surface area contributed by atoms with Crippen LogP contribution < -0.4 is 10.6 Å². The van der Waals surface area contributed by atoms with Crippen LogP contribution in [0.3, 0.4) is 0 Å². The number of nitrogens with one attached hydrogen (secondary N) is 2. The molecule has 0 spiro atoms. The second-order valence-corrected chi connectivity index (χ2v) is 18.3. The number of hydrogen-bond acceptors (Lipinski definition) is 9. The highest BCUT2D eigenvalue weighted by Crippen LogP contribution is 2.65. The van der Waals surface area contributed by atoms with Crippen LogP contribution in [0.5, 0.6) is 0 Å². The van der Waals surface area contributed by atoms with Crippen molar-refractivity contribution < 1.29 is 42.7 Å². The number of benzene rings is 1. The van der Waals surface area contributed by atoms with E-state index in [1.807, 2.05) is 45.0 Å². The molecule has 2 bridgehead atoms. The van der Waals surface area contributed by atoms with Crippen molar-refractivity contribution in [2.45, 2.75) is 148 Å². The van der Waals surface area contributed by atoms with Crippen molar-refractivity contribution in [1.29, 1.82) is 0 Å². The number of hydrogen-bond donors (Lipinski definition) is 2. The number of ether oxygens (including phenoxy) is 3. The van der Waals surface area contributed by atoms with Gasteiger partial charge in [0.25, 0.3) is 0 Å². The lowest BCUT2D eigenvalue weighted by Crippen LogP contribution is -2.65. The van der Waals surface area contributed by atoms with Crippen LogP contribution in [0, 0.1) is 22.7 Å². The minimum Gasteiger partial charge on any atom is -0.447 e. The predicted molar refractivity (Wildman–Crippen MR) is 200 cm³/mol. The highest BCUT2D eigenvalue weighted by molar-refractivity contribution is 6.48. The summed E-state index contributed by atoms with van der Waals surface area (Å²) in [4.78, 5) is 58.7. The van der Waals surface area contributed by atoms with E-state index in [0.29, 0.717) is 38.0 Å². The first-order valence-corrected chi connectivity index (χ1v) is 20.1. The van der Waals surface area contributed by atoms with Crippen LogP contribution >= 0.6 is 0 Å². The third-order valence-corrected chi connectivity index (χ3v) is 13.2. The van der Waals surface area contributed by atoms with Crippen molar-refractivity contribution in [3.05, 3.63) is 35.4 Å². The Kier molecular flexibility index (Phi) is 10.8. The highest BCUT2D eigenvalue weighted by Gasteiger charge is 2.68. The van der Waals surface area contributed by atoms with Crippen molar-refractivity contribution >= 4 is 31.1 Å². The molecule has 0 aromatic heterocycles. The molecule has 7 aliphatic rings. The molecular weight excluding hydrogens is 691 g/mol. The van der Waals surface area contributed by atoms with Gasteiger partial charge in [-0.2, -0.15) is 0 Å². The summed E-state index contributed by atoms with van der Waals surface area (Å²) in [5.74, 6) is -0.314. The maximum Gasteiger partial charge on any atom is 0.481 e. The molecule has 3 saturated heterocycles. The Labute approximate surface area is 320 Å². The minimum atomic E-state index is -1.03. The maximum atomic E-state index is 14.6. The Morgan fingerprint density at radius 1 is 1.04 bits per heavy atom. The lowest BCUT2D eigenvalue weighted by Gasteiger charge is -2.64. The fraction of sp³-hybridized carbons (Fsp3) is 0.750. The van der Waals surface area contributed by atoms with E-state index in [1.165, 1.54) is 4.90 Å². The van der Waals surface area contributed by atoms with Gasteiger partial charge in [0.2, 0.25) is 11.8 Å². The Hall–Kier alpha value is -3.36. The Bertz CT molecular complexity index is 1570. The molecule has 4 amide bonds. The second-order valence-electron chi connectivity index (χ2n) is 18.3. The molecule has 14 heteroatoms. The maximum absolute atomic E-state index is 14.6. The molecule has 6 fully saturated rings. The summed E-state index contributed by atoms with van der Waals surface area (Å²) in [5, 5.41) is 6.00. The quantitative estimate of drug-likeness (QED) is 0.317. The Morgan fingerprint density at radius 3 is 2.39 bits per heavy atom. The lowest BCUT2D eigenvalue weighted by atomic mass is 9.43. The van der Waals surface area contributed by atoms with Crippen LogP contribution in [-0.2, 0) is 46.2 Å². The zero-order valence-corrected chi connectivity index (χ0v) is 33.1. The summed E-state index contributed by atoms with van der Waals surface area (Å²) in [7, 11) is -0.627. The van der Waals surface area contributed by atoms with Gasteiger partial charge in [-0.05, 0) is 72.8 Å². The third kappa shape index (κ3) is 7.46. The number of alkyl carbamates (subject to hydrolysis) is 1. The number of rotatable bonds is 10. The Morgan fingerprint density at radius 2 is 1.76 bits per heavy atom. The van der Waals surface area contributed by atoms with Crippen molar-refractivity contribution in [2.24, 2.45) is 22.7 Å². The van der Waals surface area contributed by atoms with Crippen LogP contribution in [0.4, 0.5) is 9.59 Å². The molecule has 0 unspecified atom stereocenters. The average molecular weight is 751 g/mol. The molecular formula is C40H59BN4O9. The first kappa shape index (κ1) is 38.9. The third-order valence-electron chi connectivity index (χ3n) is 13.2. The van der Waals surface area contributed by atoms with E-state index >= 15 is 0 Å². The minimum absolute atomic E-state index is 0.00413. The van der Waals surface area contributed by atoms with Crippen LogP contribution in [0.15, 0.2) is 24.3 Å². The van der Waals surface area contributed by atoms with E-state index in [4.69, 9.17) is 23.5 Å². The van der Waals surface area contributed by atoms with E-state index < -0.39 is 60.4 Å². The van der Waals surface area contributed by atoms with Gasteiger partial charge in [-0.15, -0.1) is 0 Å². The Balaban J connectivity index is 1.07. The van der Waals surface area contributed by atoms with E-state index in [9.17, 15) is 19.2 Å². The highest BCUT2D eigenvalue weighted by atomic mass is 16.7. The van der Waals surface area contributed by atoms with Crippen LogP contribution in [0.25, 0.3) is 0 Å². The summed E-state index contributed by atoms with van der Waals surface area (Å²) in [6.45, 7) is 16.0. The van der Waals surface area contributed by atoms with Gasteiger partial charge in [0, 0.05) is 26.1 Å². The largest absolute Gasteiger partial charge is 0.481 e. The van der Waals surface area contributed by atoms with Gasteiger partial charge in [-0.25, -0.2) is 9.59 Å². The molecule has 54 heavy (non-hydrogen) atoms. The molecule has 4 heterocycles. The van der Waals surface area contributed by atoms with Crippen molar-refractivity contribution in [3.63, 3.8) is 0 Å². The van der Waals surface area contributed by atoms with E-state index in [-0.39, 0.29) is 43.1 Å². The predicted octanol–water partition coefficient (Wildman–Crippen LogP) is 4.98. The summed E-state index contributed by atoms with van der Waals surface area (Å²) in [6.07, 6.45) is 3.08. The van der Waals surface area contributed by atoms with Gasteiger partial charge in [-0.1, -0.05) is 72.2 Å². The molecule has 9 atom stereocenters. The monoisotopic (exact) mass is 750 g/mol. The zero-order chi connectivity index (χ0) is 38.6. The van der Waals surface area contributed by atoms with Gasteiger partial charge < -0.3 is 39.1 Å². The molecule has 3 aliphatic carbocycles. The number of fused-ring (bicyclic) bond motifs is 1. The topological polar surface area (TPSA) is 145 Å². The molecule has 296 valence electrons. The van der Waals surface area contributed by atoms with Crippen LogP contribution in [0.1, 0.15) is 105 Å². The summed E-state index contributed by atoms with van der Waals surface area (Å²) >= 11 is 0. The number of carbonyl (C=O) groups is 4. The van der Waals surface area contributed by atoms with Crippen molar-refractivity contribution in [1.82, 2.24) is 20.4 Å². The first-order valence-electron chi connectivity index (χ1n) is 20.1. The number of carbonyl (C=O) groups excluding carboxylic acids is 4. The van der Waals surface area contributed by atoms with Gasteiger partial charge in [-0.3, -0.25) is 14.5 Å². The fourth-order valence-electron chi connectivity index (χ4n) is 9.91. The first-order chi connectivity index (χ1) is 25.6. The standard InChI is InChI=1S/C40H59BN4O9/c1-8-12-32(41-53-31-18-26-17-30(39(26,5)6)40(31,7)54-41)42-34(46)29-19-28(52-37(49)44-20-24-13-9-10-14-25(24)21-44)22-45(29)35(47)33(38(2,3)4)43-36(48)51-23-27-15-11-16-50-27/h9-10,13-14,26-33H,8,11-12,15-23H2,1-7H3,(H,42,46)(H,43,48)/t26-,27+,28+,29-,30-,31+,32-,33+,40-/m0/s1. The van der Waals surface area contributed by atoms with Crippen LogP contribution in [-0.4, -0.2) is 103 Å². The van der Waals surface area contributed by atoms with E-state index in [0.717, 1.165) is 43.2 Å². The second kappa shape index (κ2) is 15.0. The smallest absolute Gasteiger partial charge is 0.447 e. The van der Waals surface area contributed by atoms with Gasteiger partial charge in [0.1, 0.15) is 24.8 Å². The molecule has 0 radical (unpaired) electrons. The SMILES string of the molecule is CCC[C@H](NC(=O)[C@@H]1C[C@@H](OC(=O)N2Cc3ccccc3C2)CN1C(=O)[C@@H](NC(=O)OC[C@H]1CCCO1)C(C)(C)C)B1O[C@@H]2C[C@@H]3C[C@@H](C3(C)C)[C@]2(C)O1. The number of likely N-dealkylation sites (tertiary alicyclic amines) is 1. The summed E-state index contributed by atoms with van der Waals surface area (Å²) < 4.78 is 30.5. The lowest BCUT2D eigenvalue weighted by molar-refractivity contribution is -0.199. The summed E-state index contributed by atoms with van der Waals surface area (Å²) in [5.41, 5.74) is 1.12. The van der Waals surface area contributed by atoms with Crippen molar-refractivity contribution in [3.8, 4) is 0 Å². The molecule has 8 rings (SSSR count). The fourth-order valence-corrected chi connectivity index (χ4v) is 9.91. The van der Waals surface area contributed by atoms with Gasteiger partial charge >= 0.3 is 19.3 Å². The molecule has 3 saturated carbocycles. The molecule has 4 aliphatic heterocycles. The number of amides is 4. The molecule has 1 aromatic rings. The summed E-state index contributed by atoms with van der Waals surface area (Å²) in [6, 6.07) is 5.88. The normalized spacial score (nSPS) is 31.9. The number of nitrogens with zero attached hydrogens (tertiary/aromatic N) is 2. The molecule has 2 N–H and O–H groups in total. The van der Waals surface area contributed by atoms with E-state index in [2.05, 4.69) is 38.3 Å². The zero-order valence-electron chi connectivity index (χ0n) is 33.1. The van der Waals surface area contributed by atoms with Gasteiger partial charge in [0.05, 0.1) is 30.3 Å². The van der Waals surface area contributed by atoms with Crippen LogP contribution in [0.2, 0.25) is 0 Å². The van der Waals surface area contributed by atoms with Crippen molar-refractivity contribution in [2.75, 3.05) is 19.8 Å². The molecule has 1 aromatic carbocycles. The van der Waals surface area contributed by atoms with Gasteiger partial charge in [0.15, 0.2) is 0 Å². The average Bonchev–Trinajstić information content (AvgIpc) is 3.93.